The van der Waals surface area contributed by atoms with Crippen molar-refractivity contribution < 1.29 is 13.3 Å². The van der Waals surface area contributed by atoms with Crippen LogP contribution in [0.1, 0.15) is 33.3 Å². The zero-order valence-corrected chi connectivity index (χ0v) is 14.6. The van der Waals surface area contributed by atoms with E-state index in [-0.39, 0.29) is 22.4 Å². The minimum Gasteiger partial charge on any atom is -0.258 e. The fourth-order valence-corrected chi connectivity index (χ4v) is 4.46. The van der Waals surface area contributed by atoms with E-state index < -0.39 is 14.9 Å². The van der Waals surface area contributed by atoms with Crippen molar-refractivity contribution in [2.24, 2.45) is 11.8 Å². The highest BCUT2D eigenvalue weighted by Gasteiger charge is 2.33. The molecule has 0 unspecified atom stereocenters. The van der Waals surface area contributed by atoms with Crippen molar-refractivity contribution in [1.29, 1.82) is 0 Å². The number of nitro benzene ring substituents is 1. The molecule has 0 amide bonds. The molecule has 22 heavy (non-hydrogen) atoms. The third kappa shape index (κ3) is 4.27. The SMILES string of the molecule is Cc1cccc([N+](=O)[O-])c1S(=O)(=O)N(CC(C)C)CC(C)C. The second-order valence-corrected chi connectivity index (χ2v) is 8.16. The molecule has 0 radical (unpaired) electrons. The Kier molecular flexibility index (Phi) is 6.08. The van der Waals surface area contributed by atoms with E-state index in [1.807, 2.05) is 27.7 Å². The van der Waals surface area contributed by atoms with Crippen LogP contribution in [0, 0.1) is 28.9 Å². The molecule has 1 rings (SSSR count). The van der Waals surface area contributed by atoms with E-state index in [0.29, 0.717) is 18.7 Å². The quantitative estimate of drug-likeness (QED) is 0.568. The summed E-state index contributed by atoms with van der Waals surface area (Å²) in [7, 11) is -3.91. The lowest BCUT2D eigenvalue weighted by Crippen LogP contribution is -2.37. The molecule has 0 N–H and O–H groups in total. The van der Waals surface area contributed by atoms with Gasteiger partial charge in [-0.15, -0.1) is 0 Å². The van der Waals surface area contributed by atoms with Crippen LogP contribution in [0.3, 0.4) is 0 Å². The molecule has 0 saturated heterocycles. The van der Waals surface area contributed by atoms with Crippen molar-refractivity contribution in [1.82, 2.24) is 4.31 Å². The summed E-state index contributed by atoms with van der Waals surface area (Å²) >= 11 is 0. The Labute approximate surface area is 132 Å². The maximum absolute atomic E-state index is 13.0. The lowest BCUT2D eigenvalue weighted by Gasteiger charge is -2.26. The molecule has 0 atom stereocenters. The van der Waals surface area contributed by atoms with Gasteiger partial charge in [-0.05, 0) is 24.3 Å². The first kappa shape index (κ1) is 18.6. The van der Waals surface area contributed by atoms with Crippen molar-refractivity contribution in [2.75, 3.05) is 13.1 Å². The van der Waals surface area contributed by atoms with Crippen LogP contribution >= 0.6 is 0 Å². The summed E-state index contributed by atoms with van der Waals surface area (Å²) in [5.74, 6) is 0.271. The number of hydrogen-bond acceptors (Lipinski definition) is 4. The van der Waals surface area contributed by atoms with Crippen molar-refractivity contribution in [2.45, 2.75) is 39.5 Å². The summed E-state index contributed by atoms with van der Waals surface area (Å²) in [6, 6.07) is 4.33. The van der Waals surface area contributed by atoms with Crippen molar-refractivity contribution in [3.8, 4) is 0 Å². The number of nitrogens with zero attached hydrogens (tertiary/aromatic N) is 2. The fourth-order valence-electron chi connectivity index (χ4n) is 2.33. The molecular weight excluding hydrogens is 304 g/mol. The molecule has 1 aromatic rings. The van der Waals surface area contributed by atoms with Gasteiger partial charge in [-0.25, -0.2) is 8.42 Å². The van der Waals surface area contributed by atoms with Gasteiger partial charge in [-0.2, -0.15) is 4.31 Å². The molecule has 0 spiro atoms. The first-order valence-electron chi connectivity index (χ1n) is 7.31. The smallest absolute Gasteiger partial charge is 0.258 e. The molecule has 0 aromatic heterocycles. The lowest BCUT2D eigenvalue weighted by atomic mass is 10.2. The summed E-state index contributed by atoms with van der Waals surface area (Å²) in [6.07, 6.45) is 0. The van der Waals surface area contributed by atoms with Crippen LogP contribution in [-0.4, -0.2) is 30.7 Å². The predicted molar refractivity (Wildman–Crippen MR) is 86.3 cm³/mol. The molecule has 7 heteroatoms. The highest BCUT2D eigenvalue weighted by molar-refractivity contribution is 7.89. The summed E-state index contributed by atoms with van der Waals surface area (Å²) in [5, 5.41) is 11.2. The zero-order chi connectivity index (χ0) is 17.1. The van der Waals surface area contributed by atoms with Crippen molar-refractivity contribution in [3.63, 3.8) is 0 Å². The normalized spacial score (nSPS) is 12.4. The monoisotopic (exact) mass is 328 g/mol. The van der Waals surface area contributed by atoms with E-state index in [0.717, 1.165) is 0 Å². The minimum absolute atomic E-state index is 0.136. The second-order valence-electron chi connectivity index (χ2n) is 6.29. The highest BCUT2D eigenvalue weighted by atomic mass is 32.2. The number of rotatable bonds is 7. The number of sulfonamides is 1. The average molecular weight is 328 g/mol. The maximum atomic E-state index is 13.0. The number of nitro groups is 1. The molecule has 0 saturated carbocycles. The van der Waals surface area contributed by atoms with Gasteiger partial charge in [0.2, 0.25) is 10.0 Å². The average Bonchev–Trinajstić information content (AvgIpc) is 2.36. The highest BCUT2D eigenvalue weighted by Crippen LogP contribution is 2.30. The van der Waals surface area contributed by atoms with Crippen LogP contribution in [0.2, 0.25) is 0 Å². The Bertz CT molecular complexity index is 629. The summed E-state index contributed by atoms with van der Waals surface area (Å²) in [5.41, 5.74) is 0.0317. The van der Waals surface area contributed by atoms with Crippen molar-refractivity contribution in [3.05, 3.63) is 33.9 Å². The van der Waals surface area contributed by atoms with Gasteiger partial charge in [0.15, 0.2) is 4.90 Å². The molecule has 0 aliphatic carbocycles. The first-order valence-corrected chi connectivity index (χ1v) is 8.75. The fraction of sp³-hybridized carbons (Fsp3) is 0.600. The van der Waals surface area contributed by atoms with Crippen LogP contribution in [0.4, 0.5) is 5.69 Å². The predicted octanol–water partition coefficient (Wildman–Crippen LogP) is 3.21. The van der Waals surface area contributed by atoms with E-state index in [9.17, 15) is 18.5 Å². The maximum Gasteiger partial charge on any atom is 0.289 e. The number of aryl methyl sites for hydroxylation is 1. The summed E-state index contributed by atoms with van der Waals surface area (Å²) < 4.78 is 27.3. The molecule has 0 aliphatic rings. The third-order valence-corrected chi connectivity index (χ3v) is 5.15. The molecule has 0 bridgehead atoms. The Hall–Kier alpha value is -1.47. The standard InChI is InChI=1S/C15H24N2O4S/c1-11(2)9-16(10-12(3)4)22(20,21)15-13(5)7-6-8-14(15)17(18)19/h6-8,11-12H,9-10H2,1-5H3. The van der Waals surface area contributed by atoms with E-state index >= 15 is 0 Å². The molecule has 0 aliphatic heterocycles. The Morgan fingerprint density at radius 3 is 2.05 bits per heavy atom. The van der Waals surface area contributed by atoms with Gasteiger partial charge >= 0.3 is 0 Å². The second kappa shape index (κ2) is 7.19. The van der Waals surface area contributed by atoms with Crippen LogP contribution < -0.4 is 0 Å². The molecule has 1 aromatic carbocycles. The van der Waals surface area contributed by atoms with Gasteiger partial charge < -0.3 is 0 Å². The molecule has 124 valence electrons. The summed E-state index contributed by atoms with van der Waals surface area (Å²) in [4.78, 5) is 10.4. The van der Waals surface area contributed by atoms with Crippen LogP contribution in [0.5, 0.6) is 0 Å². The van der Waals surface area contributed by atoms with Gasteiger partial charge in [0.1, 0.15) is 0 Å². The zero-order valence-electron chi connectivity index (χ0n) is 13.7. The Morgan fingerprint density at radius 1 is 1.14 bits per heavy atom. The van der Waals surface area contributed by atoms with Gasteiger partial charge in [0.25, 0.3) is 5.69 Å². The molecule has 0 fully saturated rings. The summed E-state index contributed by atoms with van der Waals surface area (Å²) in [6.45, 7) is 9.97. The number of hydrogen-bond donors (Lipinski definition) is 0. The van der Waals surface area contributed by atoms with E-state index in [4.69, 9.17) is 0 Å². The molecule has 6 nitrogen and oxygen atoms in total. The van der Waals surface area contributed by atoms with Gasteiger partial charge in [0.05, 0.1) is 4.92 Å². The Balaban J connectivity index is 3.46. The van der Waals surface area contributed by atoms with E-state index in [1.54, 1.807) is 13.0 Å². The van der Waals surface area contributed by atoms with Crippen LogP contribution in [0.15, 0.2) is 23.1 Å². The third-order valence-electron chi connectivity index (χ3n) is 3.12. The largest absolute Gasteiger partial charge is 0.289 e. The van der Waals surface area contributed by atoms with Gasteiger partial charge in [-0.3, -0.25) is 10.1 Å². The number of benzene rings is 1. The van der Waals surface area contributed by atoms with Gasteiger partial charge in [0, 0.05) is 19.2 Å². The van der Waals surface area contributed by atoms with Gasteiger partial charge in [-0.1, -0.05) is 39.8 Å². The Morgan fingerprint density at radius 2 is 1.64 bits per heavy atom. The van der Waals surface area contributed by atoms with Crippen LogP contribution in [0.25, 0.3) is 0 Å². The molecular formula is C15H24N2O4S. The molecule has 0 heterocycles. The lowest BCUT2D eigenvalue weighted by molar-refractivity contribution is -0.387. The van der Waals surface area contributed by atoms with Crippen molar-refractivity contribution >= 4 is 15.7 Å². The first-order chi connectivity index (χ1) is 10.1. The topological polar surface area (TPSA) is 80.5 Å². The minimum atomic E-state index is -3.91. The van der Waals surface area contributed by atoms with Crippen LogP contribution in [-0.2, 0) is 10.0 Å². The van der Waals surface area contributed by atoms with E-state index in [1.165, 1.54) is 16.4 Å². The van der Waals surface area contributed by atoms with E-state index in [2.05, 4.69) is 0 Å².